The van der Waals surface area contributed by atoms with Crippen molar-refractivity contribution in [2.45, 2.75) is 0 Å². The van der Waals surface area contributed by atoms with Crippen molar-refractivity contribution in [3.63, 3.8) is 0 Å². The van der Waals surface area contributed by atoms with Gasteiger partial charge in [-0.05, 0) is 30.3 Å². The Hall–Kier alpha value is -4.12. The Morgan fingerprint density at radius 1 is 0.692 bits per heavy atom. The largest absolute Gasteiger partial charge is 0.478 e. The second-order valence-corrected chi connectivity index (χ2v) is 5.00. The molecular formula is C18H10O8. The third-order valence-corrected chi connectivity index (χ3v) is 3.28. The monoisotopic (exact) mass is 354 g/mol. The van der Waals surface area contributed by atoms with Crippen molar-refractivity contribution in [3.8, 4) is 11.8 Å². The van der Waals surface area contributed by atoms with Gasteiger partial charge in [0.15, 0.2) is 0 Å². The van der Waals surface area contributed by atoms with Gasteiger partial charge in [0, 0.05) is 11.1 Å². The third kappa shape index (κ3) is 3.85. The van der Waals surface area contributed by atoms with Gasteiger partial charge in [-0.1, -0.05) is 17.9 Å². The Labute approximate surface area is 146 Å². The second-order valence-electron chi connectivity index (χ2n) is 5.00. The van der Waals surface area contributed by atoms with Crippen molar-refractivity contribution in [2.75, 3.05) is 0 Å². The van der Waals surface area contributed by atoms with Crippen molar-refractivity contribution in [3.05, 3.63) is 69.8 Å². The van der Waals surface area contributed by atoms with Gasteiger partial charge in [0.2, 0.25) is 0 Å². The quantitative estimate of drug-likeness (QED) is 0.608. The van der Waals surface area contributed by atoms with Crippen molar-refractivity contribution >= 4 is 23.9 Å². The molecule has 0 saturated carbocycles. The minimum absolute atomic E-state index is 0.0272. The fourth-order valence-corrected chi connectivity index (χ4v) is 2.15. The number of aromatic carboxylic acids is 4. The molecule has 2 rings (SSSR count). The molecule has 4 N–H and O–H groups in total. The molecule has 8 nitrogen and oxygen atoms in total. The zero-order valence-corrected chi connectivity index (χ0v) is 12.9. The summed E-state index contributed by atoms with van der Waals surface area (Å²) in [6.07, 6.45) is 0. The molecule has 0 aliphatic carbocycles. The van der Waals surface area contributed by atoms with E-state index in [9.17, 15) is 24.3 Å². The zero-order chi connectivity index (χ0) is 19.4. The topological polar surface area (TPSA) is 149 Å². The van der Waals surface area contributed by atoms with Crippen LogP contribution in [0.25, 0.3) is 0 Å². The van der Waals surface area contributed by atoms with Gasteiger partial charge >= 0.3 is 23.9 Å². The Kier molecular flexibility index (Phi) is 5.04. The van der Waals surface area contributed by atoms with E-state index in [0.717, 1.165) is 24.3 Å². The standard InChI is InChI=1S/C18H10O8/c19-15(20)11-6-9(7-12(8-11)16(21)22)4-5-10-2-1-3-13(17(23)24)14(10)18(25)26/h1-3,6-8H,(H,19,20)(H,21,22)(H,23,24)(H,25,26). The van der Waals surface area contributed by atoms with Crippen molar-refractivity contribution in [2.24, 2.45) is 0 Å². The van der Waals surface area contributed by atoms with E-state index in [-0.39, 0.29) is 22.3 Å². The summed E-state index contributed by atoms with van der Waals surface area (Å²) in [5.41, 5.74) is -1.64. The summed E-state index contributed by atoms with van der Waals surface area (Å²) < 4.78 is 0. The molecule has 0 spiro atoms. The molecule has 0 bridgehead atoms. The molecule has 130 valence electrons. The van der Waals surface area contributed by atoms with Crippen LogP contribution in [-0.4, -0.2) is 44.3 Å². The predicted molar refractivity (Wildman–Crippen MR) is 86.7 cm³/mol. The summed E-state index contributed by atoms with van der Waals surface area (Å²) in [5.74, 6) is -0.691. The SMILES string of the molecule is O=C(O)c1cc(C#Cc2cccc(C(=O)O)c2C(=O)O)cc(C(=O)O)c1. The lowest BCUT2D eigenvalue weighted by Crippen LogP contribution is -2.10. The van der Waals surface area contributed by atoms with Crippen molar-refractivity contribution in [1.29, 1.82) is 0 Å². The molecule has 0 heterocycles. The van der Waals surface area contributed by atoms with Crippen LogP contribution in [0.2, 0.25) is 0 Å². The van der Waals surface area contributed by atoms with Crippen LogP contribution in [-0.2, 0) is 0 Å². The van der Waals surface area contributed by atoms with Gasteiger partial charge in [-0.15, -0.1) is 0 Å². The predicted octanol–water partition coefficient (Wildman–Crippen LogP) is 1.88. The fourth-order valence-electron chi connectivity index (χ4n) is 2.15. The number of carboxylic acid groups (broad SMARTS) is 4. The highest BCUT2D eigenvalue weighted by atomic mass is 16.4. The molecule has 0 aliphatic heterocycles. The third-order valence-electron chi connectivity index (χ3n) is 3.28. The number of hydrogen-bond donors (Lipinski definition) is 4. The molecular weight excluding hydrogens is 344 g/mol. The average Bonchev–Trinajstić information content (AvgIpc) is 2.58. The van der Waals surface area contributed by atoms with Crippen LogP contribution < -0.4 is 0 Å². The van der Waals surface area contributed by atoms with E-state index in [1.54, 1.807) is 0 Å². The molecule has 26 heavy (non-hydrogen) atoms. The van der Waals surface area contributed by atoms with Crippen LogP contribution in [0, 0.1) is 11.8 Å². The molecule has 0 saturated heterocycles. The Balaban J connectivity index is 2.62. The first-order valence-electron chi connectivity index (χ1n) is 6.94. The lowest BCUT2D eigenvalue weighted by Gasteiger charge is -2.04. The van der Waals surface area contributed by atoms with Crippen molar-refractivity contribution < 1.29 is 39.6 Å². The van der Waals surface area contributed by atoms with E-state index >= 15 is 0 Å². The number of carboxylic acids is 4. The van der Waals surface area contributed by atoms with E-state index in [4.69, 9.17) is 15.3 Å². The molecule has 0 fully saturated rings. The minimum atomic E-state index is -1.49. The molecule has 0 amide bonds. The summed E-state index contributed by atoms with van der Waals surface area (Å²) in [6.45, 7) is 0. The Morgan fingerprint density at radius 2 is 1.27 bits per heavy atom. The van der Waals surface area contributed by atoms with Gasteiger partial charge in [0.25, 0.3) is 0 Å². The Morgan fingerprint density at radius 3 is 1.73 bits per heavy atom. The van der Waals surface area contributed by atoms with E-state index in [1.165, 1.54) is 12.1 Å². The summed E-state index contributed by atoms with van der Waals surface area (Å²) in [6, 6.07) is 6.94. The molecule has 8 heteroatoms. The van der Waals surface area contributed by atoms with Gasteiger partial charge in [0.1, 0.15) is 0 Å². The minimum Gasteiger partial charge on any atom is -0.478 e. The van der Waals surface area contributed by atoms with E-state index in [0.29, 0.717) is 0 Å². The number of hydrogen-bond acceptors (Lipinski definition) is 4. The van der Waals surface area contributed by atoms with Gasteiger partial charge in [-0.2, -0.15) is 0 Å². The molecule has 2 aromatic rings. The van der Waals surface area contributed by atoms with Crippen LogP contribution in [0.3, 0.4) is 0 Å². The van der Waals surface area contributed by atoms with Crippen LogP contribution >= 0.6 is 0 Å². The Bertz CT molecular complexity index is 975. The van der Waals surface area contributed by atoms with Crippen molar-refractivity contribution in [1.82, 2.24) is 0 Å². The molecule has 0 aromatic heterocycles. The van der Waals surface area contributed by atoms with E-state index in [1.807, 2.05) is 0 Å². The lowest BCUT2D eigenvalue weighted by molar-refractivity contribution is 0.0651. The molecule has 0 aliphatic rings. The van der Waals surface area contributed by atoms with Crippen LogP contribution in [0.1, 0.15) is 52.6 Å². The van der Waals surface area contributed by atoms with Gasteiger partial charge < -0.3 is 20.4 Å². The lowest BCUT2D eigenvalue weighted by atomic mass is 10.0. The smallest absolute Gasteiger partial charge is 0.337 e. The molecule has 0 atom stereocenters. The summed E-state index contributed by atoms with van der Waals surface area (Å²) in [7, 11) is 0. The maximum Gasteiger partial charge on any atom is 0.337 e. The second kappa shape index (κ2) is 7.19. The number of benzene rings is 2. The normalized spacial score (nSPS) is 9.69. The maximum atomic E-state index is 11.4. The molecule has 0 unspecified atom stereocenters. The molecule has 2 aromatic carbocycles. The van der Waals surface area contributed by atoms with Gasteiger partial charge in [0.05, 0.1) is 22.3 Å². The number of carbonyl (C=O) groups is 4. The van der Waals surface area contributed by atoms with E-state index in [2.05, 4.69) is 11.8 Å². The number of rotatable bonds is 4. The summed E-state index contributed by atoms with van der Waals surface area (Å²) in [5, 5.41) is 36.4. The summed E-state index contributed by atoms with van der Waals surface area (Å²) in [4.78, 5) is 44.7. The van der Waals surface area contributed by atoms with Gasteiger partial charge in [-0.3, -0.25) is 0 Å². The van der Waals surface area contributed by atoms with Crippen LogP contribution in [0.4, 0.5) is 0 Å². The first-order valence-corrected chi connectivity index (χ1v) is 6.94. The fraction of sp³-hybridized carbons (Fsp3) is 0. The highest BCUT2D eigenvalue weighted by Crippen LogP contribution is 2.16. The highest BCUT2D eigenvalue weighted by molar-refractivity contribution is 6.03. The first-order chi connectivity index (χ1) is 12.2. The average molecular weight is 354 g/mol. The van der Waals surface area contributed by atoms with Gasteiger partial charge in [-0.25, -0.2) is 19.2 Å². The zero-order valence-electron chi connectivity index (χ0n) is 12.9. The van der Waals surface area contributed by atoms with Crippen LogP contribution in [0.5, 0.6) is 0 Å². The molecule has 0 radical (unpaired) electrons. The van der Waals surface area contributed by atoms with Crippen LogP contribution in [0.15, 0.2) is 36.4 Å². The maximum absolute atomic E-state index is 11.4. The first kappa shape index (κ1) is 18.2. The highest BCUT2D eigenvalue weighted by Gasteiger charge is 2.19. The summed E-state index contributed by atoms with van der Waals surface area (Å²) >= 11 is 0. The van der Waals surface area contributed by atoms with E-state index < -0.39 is 35.0 Å².